The number of halogens is 1. The van der Waals surface area contributed by atoms with E-state index in [0.29, 0.717) is 25.5 Å². The maximum atomic E-state index is 10.5. The van der Waals surface area contributed by atoms with Crippen LogP contribution in [0.4, 0.5) is 11.5 Å². The van der Waals surface area contributed by atoms with Crippen LogP contribution < -0.4 is 10.6 Å². The van der Waals surface area contributed by atoms with Crippen LogP contribution >= 0.6 is 11.6 Å². The smallest absolute Gasteiger partial charge is 0.289 e. The molecule has 0 aliphatic heterocycles. The van der Waals surface area contributed by atoms with Crippen molar-refractivity contribution in [2.75, 3.05) is 25.0 Å². The molecule has 1 aromatic rings. The topological polar surface area (TPSA) is 100 Å². The molecule has 7 nitrogen and oxygen atoms in total. The molecule has 0 bridgehead atoms. The molecule has 100 valence electrons. The summed E-state index contributed by atoms with van der Waals surface area (Å²) in [6, 6.07) is 1.25. The highest BCUT2D eigenvalue weighted by atomic mass is 35.5. The van der Waals surface area contributed by atoms with Crippen LogP contribution in [0, 0.1) is 10.1 Å². The van der Waals surface area contributed by atoms with Crippen molar-refractivity contribution in [1.29, 1.82) is 0 Å². The Morgan fingerprint density at radius 3 is 2.89 bits per heavy atom. The fourth-order valence-corrected chi connectivity index (χ4v) is 1.47. The van der Waals surface area contributed by atoms with E-state index in [0.717, 1.165) is 6.20 Å². The van der Waals surface area contributed by atoms with E-state index in [1.807, 2.05) is 0 Å². The average Bonchev–Trinajstić information content (AvgIpc) is 2.29. The second-order valence-corrected chi connectivity index (χ2v) is 4.17. The fourth-order valence-electron chi connectivity index (χ4n) is 1.24. The molecule has 0 aliphatic carbocycles. The highest BCUT2D eigenvalue weighted by molar-refractivity contribution is 6.33. The molecule has 1 unspecified atom stereocenters. The van der Waals surface area contributed by atoms with Crippen LogP contribution in [0.3, 0.4) is 0 Å². The Labute approximate surface area is 109 Å². The van der Waals surface area contributed by atoms with Gasteiger partial charge in [-0.2, -0.15) is 0 Å². The zero-order valence-electron chi connectivity index (χ0n) is 9.89. The third-order valence-electron chi connectivity index (χ3n) is 2.07. The molecule has 8 heteroatoms. The van der Waals surface area contributed by atoms with Gasteiger partial charge in [0.15, 0.2) is 0 Å². The van der Waals surface area contributed by atoms with Gasteiger partial charge in [0.2, 0.25) is 0 Å². The molecule has 0 aliphatic rings. The first-order valence-corrected chi connectivity index (χ1v) is 5.81. The molecule has 0 amide bonds. The van der Waals surface area contributed by atoms with E-state index in [2.05, 4.69) is 15.6 Å². The Bertz CT molecular complexity index is 414. The van der Waals surface area contributed by atoms with E-state index in [1.165, 1.54) is 6.07 Å². The number of nitro groups is 1. The summed E-state index contributed by atoms with van der Waals surface area (Å²) < 4.78 is 0. The molecular formula is C10H15ClN4O3. The average molecular weight is 275 g/mol. The van der Waals surface area contributed by atoms with Crippen LogP contribution in [0.1, 0.15) is 6.92 Å². The quantitative estimate of drug-likeness (QED) is 0.390. The second-order valence-electron chi connectivity index (χ2n) is 3.76. The number of aromatic nitrogens is 1. The third-order valence-corrected chi connectivity index (χ3v) is 2.36. The van der Waals surface area contributed by atoms with Crippen LogP contribution in [0.15, 0.2) is 12.3 Å². The van der Waals surface area contributed by atoms with Gasteiger partial charge >= 0.3 is 0 Å². The number of rotatable bonds is 7. The SMILES string of the molecule is CC(O)CNCCNc1ncc([N+](=O)[O-])cc1Cl. The maximum Gasteiger partial charge on any atom is 0.289 e. The van der Waals surface area contributed by atoms with Gasteiger partial charge in [-0.15, -0.1) is 0 Å². The second kappa shape index (κ2) is 7.10. The lowest BCUT2D eigenvalue weighted by molar-refractivity contribution is -0.385. The first-order chi connectivity index (χ1) is 8.50. The largest absolute Gasteiger partial charge is 0.392 e. The molecular weight excluding hydrogens is 260 g/mol. The standard InChI is InChI=1S/C10H15ClN4O3/c1-7(16)5-12-2-3-13-10-9(11)4-8(6-14-10)15(17)18/h4,6-7,12,16H,2-3,5H2,1H3,(H,13,14). The summed E-state index contributed by atoms with van der Waals surface area (Å²) in [4.78, 5) is 13.8. The summed E-state index contributed by atoms with van der Waals surface area (Å²) in [6.07, 6.45) is 0.753. The van der Waals surface area contributed by atoms with E-state index < -0.39 is 11.0 Å². The van der Waals surface area contributed by atoms with Crippen molar-refractivity contribution in [3.05, 3.63) is 27.4 Å². The molecule has 0 radical (unpaired) electrons. The van der Waals surface area contributed by atoms with Crippen LogP contribution in [0.2, 0.25) is 5.02 Å². The number of anilines is 1. The van der Waals surface area contributed by atoms with Crippen molar-refractivity contribution < 1.29 is 10.0 Å². The lowest BCUT2D eigenvalue weighted by Gasteiger charge is -2.09. The van der Waals surface area contributed by atoms with Crippen molar-refractivity contribution in [3.8, 4) is 0 Å². The molecule has 0 saturated carbocycles. The predicted molar refractivity (Wildman–Crippen MR) is 68.9 cm³/mol. The van der Waals surface area contributed by atoms with Crippen LogP contribution in [-0.4, -0.2) is 40.8 Å². The lowest BCUT2D eigenvalue weighted by Crippen LogP contribution is -2.29. The number of hydrogen-bond acceptors (Lipinski definition) is 6. The minimum atomic E-state index is -0.549. The Balaban J connectivity index is 2.41. The van der Waals surface area contributed by atoms with Gasteiger partial charge in [0, 0.05) is 25.7 Å². The Hall–Kier alpha value is -1.44. The summed E-state index contributed by atoms with van der Waals surface area (Å²) in [6.45, 7) is 3.37. The van der Waals surface area contributed by atoms with Crippen molar-refractivity contribution in [1.82, 2.24) is 10.3 Å². The fraction of sp³-hybridized carbons (Fsp3) is 0.500. The Kier molecular flexibility index (Phi) is 5.76. The third kappa shape index (κ3) is 4.82. The molecule has 0 spiro atoms. The summed E-state index contributed by atoms with van der Waals surface area (Å²) in [7, 11) is 0. The lowest BCUT2D eigenvalue weighted by atomic mass is 10.4. The number of aliphatic hydroxyl groups is 1. The molecule has 3 N–H and O–H groups in total. The van der Waals surface area contributed by atoms with E-state index in [1.54, 1.807) is 6.92 Å². The van der Waals surface area contributed by atoms with Gasteiger partial charge in [0.25, 0.3) is 5.69 Å². The van der Waals surface area contributed by atoms with E-state index >= 15 is 0 Å². The van der Waals surface area contributed by atoms with Gasteiger partial charge in [-0.25, -0.2) is 4.98 Å². The Morgan fingerprint density at radius 2 is 2.33 bits per heavy atom. The van der Waals surface area contributed by atoms with Gasteiger partial charge in [0.1, 0.15) is 12.0 Å². The zero-order chi connectivity index (χ0) is 13.5. The van der Waals surface area contributed by atoms with Gasteiger partial charge in [0.05, 0.1) is 16.0 Å². The van der Waals surface area contributed by atoms with Gasteiger partial charge in [-0.3, -0.25) is 10.1 Å². The van der Waals surface area contributed by atoms with Crippen molar-refractivity contribution in [2.24, 2.45) is 0 Å². The van der Waals surface area contributed by atoms with E-state index in [-0.39, 0.29) is 10.7 Å². The summed E-state index contributed by atoms with van der Waals surface area (Å²) >= 11 is 5.85. The summed E-state index contributed by atoms with van der Waals surface area (Å²) in [5.74, 6) is 0.404. The number of aliphatic hydroxyl groups excluding tert-OH is 1. The van der Waals surface area contributed by atoms with E-state index in [9.17, 15) is 10.1 Å². The molecule has 0 fully saturated rings. The first kappa shape index (κ1) is 14.6. The monoisotopic (exact) mass is 274 g/mol. The summed E-state index contributed by atoms with van der Waals surface area (Å²) in [5, 5.41) is 25.7. The molecule has 0 saturated heterocycles. The number of pyridine rings is 1. The van der Waals surface area contributed by atoms with Gasteiger partial charge < -0.3 is 15.7 Å². The molecule has 1 atom stereocenters. The highest BCUT2D eigenvalue weighted by Gasteiger charge is 2.10. The molecule has 1 heterocycles. The zero-order valence-corrected chi connectivity index (χ0v) is 10.6. The molecule has 1 aromatic heterocycles. The highest BCUT2D eigenvalue weighted by Crippen LogP contribution is 2.23. The normalized spacial score (nSPS) is 12.2. The minimum absolute atomic E-state index is 0.141. The number of hydrogen-bond donors (Lipinski definition) is 3. The van der Waals surface area contributed by atoms with Crippen molar-refractivity contribution in [2.45, 2.75) is 13.0 Å². The number of nitrogens with one attached hydrogen (secondary N) is 2. The van der Waals surface area contributed by atoms with Gasteiger partial charge in [-0.1, -0.05) is 11.6 Å². The van der Waals surface area contributed by atoms with Gasteiger partial charge in [-0.05, 0) is 6.92 Å². The predicted octanol–water partition coefficient (Wildman–Crippen LogP) is 1.03. The molecule has 0 aromatic carbocycles. The minimum Gasteiger partial charge on any atom is -0.392 e. The molecule has 1 rings (SSSR count). The first-order valence-electron chi connectivity index (χ1n) is 5.43. The maximum absolute atomic E-state index is 10.5. The summed E-state index contributed by atoms with van der Waals surface area (Å²) in [5.41, 5.74) is -0.141. The Morgan fingerprint density at radius 1 is 1.61 bits per heavy atom. The van der Waals surface area contributed by atoms with Crippen LogP contribution in [0.25, 0.3) is 0 Å². The van der Waals surface area contributed by atoms with Crippen LogP contribution in [0.5, 0.6) is 0 Å². The van der Waals surface area contributed by atoms with Crippen LogP contribution in [-0.2, 0) is 0 Å². The van der Waals surface area contributed by atoms with Crippen molar-refractivity contribution in [3.63, 3.8) is 0 Å². The van der Waals surface area contributed by atoms with E-state index in [4.69, 9.17) is 16.7 Å². The number of nitrogens with zero attached hydrogens (tertiary/aromatic N) is 2. The van der Waals surface area contributed by atoms with Crippen molar-refractivity contribution >= 4 is 23.1 Å². The molecule has 18 heavy (non-hydrogen) atoms.